The molecule has 0 aromatic heterocycles. The van der Waals surface area contributed by atoms with Gasteiger partial charge in [0.1, 0.15) is 5.75 Å². The van der Waals surface area contributed by atoms with Gasteiger partial charge in [-0.15, -0.1) is 0 Å². The number of hydrogen-bond acceptors (Lipinski definition) is 5. The molecule has 0 bridgehead atoms. The number of benzene rings is 1. The summed E-state index contributed by atoms with van der Waals surface area (Å²) in [6.07, 6.45) is 1.17. The van der Waals surface area contributed by atoms with Crippen molar-refractivity contribution in [1.82, 2.24) is 9.62 Å². The second-order valence-electron chi connectivity index (χ2n) is 7.86. The maximum absolute atomic E-state index is 13.2. The van der Waals surface area contributed by atoms with E-state index in [0.717, 1.165) is 6.42 Å². The lowest BCUT2D eigenvalue weighted by atomic mass is 9.97. The first kappa shape index (κ1) is 21.6. The van der Waals surface area contributed by atoms with Gasteiger partial charge in [-0.1, -0.05) is 6.92 Å². The molecule has 1 saturated heterocycles. The standard InChI is InChI=1S/C20H29N3O5S/c1-5-13(3)21-20(25)15-6-8-23(9-7-15)29(26,27)18-11-17-16(10-12(18)2)22-19(24)14(4)28-17/h10-11,13-15H,5-9H2,1-4H3,(H,21,25)(H,22,24)/t13-,14-/m0/s1. The van der Waals surface area contributed by atoms with Gasteiger partial charge in [0.15, 0.2) is 6.10 Å². The fourth-order valence-corrected chi connectivity index (χ4v) is 5.27. The van der Waals surface area contributed by atoms with Crippen LogP contribution in [0.15, 0.2) is 17.0 Å². The molecule has 0 radical (unpaired) electrons. The van der Waals surface area contributed by atoms with E-state index in [1.54, 1.807) is 19.9 Å². The Morgan fingerprint density at radius 3 is 2.62 bits per heavy atom. The Morgan fingerprint density at radius 1 is 1.34 bits per heavy atom. The highest BCUT2D eigenvalue weighted by Crippen LogP contribution is 2.36. The summed E-state index contributed by atoms with van der Waals surface area (Å²) in [7, 11) is -3.73. The molecule has 8 nitrogen and oxygen atoms in total. The van der Waals surface area contributed by atoms with Crippen LogP contribution in [0.5, 0.6) is 5.75 Å². The number of sulfonamides is 1. The number of nitrogens with zero attached hydrogens (tertiary/aromatic N) is 1. The summed E-state index contributed by atoms with van der Waals surface area (Å²) in [5, 5.41) is 5.71. The van der Waals surface area contributed by atoms with Crippen LogP contribution in [-0.4, -0.2) is 49.8 Å². The lowest BCUT2D eigenvalue weighted by molar-refractivity contribution is -0.126. The molecule has 1 fully saturated rings. The number of amides is 2. The van der Waals surface area contributed by atoms with Crippen molar-refractivity contribution in [2.75, 3.05) is 18.4 Å². The Bertz CT molecular complexity index is 907. The third-order valence-electron chi connectivity index (χ3n) is 5.65. The number of piperidine rings is 1. The third kappa shape index (κ3) is 4.40. The smallest absolute Gasteiger partial charge is 0.265 e. The Hall–Kier alpha value is -2.13. The molecule has 1 aromatic rings. The van der Waals surface area contributed by atoms with Gasteiger partial charge in [0.2, 0.25) is 15.9 Å². The van der Waals surface area contributed by atoms with Crippen LogP contribution in [0.2, 0.25) is 0 Å². The van der Waals surface area contributed by atoms with Gasteiger partial charge in [-0.05, 0) is 51.7 Å². The predicted octanol–water partition coefficient (Wildman–Crippen LogP) is 2.03. The molecule has 3 rings (SSSR count). The van der Waals surface area contributed by atoms with Crippen LogP contribution in [0.1, 0.15) is 45.6 Å². The molecule has 9 heteroatoms. The van der Waals surface area contributed by atoms with Crippen molar-refractivity contribution >= 4 is 27.5 Å². The zero-order valence-corrected chi connectivity index (χ0v) is 18.1. The number of nitrogens with one attached hydrogen (secondary N) is 2. The van der Waals surface area contributed by atoms with Crippen LogP contribution in [-0.2, 0) is 19.6 Å². The molecule has 2 amide bonds. The van der Waals surface area contributed by atoms with Crippen LogP contribution in [0.25, 0.3) is 0 Å². The highest BCUT2D eigenvalue weighted by atomic mass is 32.2. The second-order valence-corrected chi connectivity index (χ2v) is 9.77. The molecular formula is C20H29N3O5S. The van der Waals surface area contributed by atoms with Crippen molar-refractivity contribution in [1.29, 1.82) is 0 Å². The van der Waals surface area contributed by atoms with Gasteiger partial charge < -0.3 is 15.4 Å². The number of carbonyl (C=O) groups is 2. The zero-order chi connectivity index (χ0) is 21.3. The maximum Gasteiger partial charge on any atom is 0.265 e. The highest BCUT2D eigenvalue weighted by molar-refractivity contribution is 7.89. The SMILES string of the molecule is CC[C@H](C)NC(=O)C1CCN(S(=O)(=O)c2cc3c(cc2C)NC(=O)[C@H](C)O3)CC1. The van der Waals surface area contributed by atoms with Crippen molar-refractivity contribution in [2.45, 2.75) is 64.0 Å². The molecule has 2 aliphatic rings. The fourth-order valence-electron chi connectivity index (χ4n) is 3.58. The first-order valence-corrected chi connectivity index (χ1v) is 11.5. The van der Waals surface area contributed by atoms with E-state index in [-0.39, 0.29) is 28.7 Å². The molecule has 2 heterocycles. The molecule has 2 N–H and O–H groups in total. The number of rotatable bonds is 5. The van der Waals surface area contributed by atoms with E-state index in [1.807, 2.05) is 13.8 Å². The van der Waals surface area contributed by atoms with Gasteiger partial charge in [0.25, 0.3) is 5.91 Å². The van der Waals surface area contributed by atoms with Gasteiger partial charge in [0, 0.05) is 31.1 Å². The van der Waals surface area contributed by atoms with Crippen molar-refractivity contribution in [3.8, 4) is 5.75 Å². The van der Waals surface area contributed by atoms with E-state index in [4.69, 9.17) is 4.74 Å². The van der Waals surface area contributed by atoms with Crippen molar-refractivity contribution in [3.63, 3.8) is 0 Å². The van der Waals surface area contributed by atoms with Crippen molar-refractivity contribution in [2.24, 2.45) is 5.92 Å². The topological polar surface area (TPSA) is 105 Å². The highest BCUT2D eigenvalue weighted by Gasteiger charge is 2.34. The van der Waals surface area contributed by atoms with Crippen LogP contribution >= 0.6 is 0 Å². The number of carbonyl (C=O) groups excluding carboxylic acids is 2. The molecule has 0 saturated carbocycles. The first-order valence-electron chi connectivity index (χ1n) is 10.1. The molecule has 1 aromatic carbocycles. The summed E-state index contributed by atoms with van der Waals surface area (Å²) in [5.41, 5.74) is 1.02. The molecule has 2 aliphatic heterocycles. The molecule has 160 valence electrons. The summed E-state index contributed by atoms with van der Waals surface area (Å²) in [6.45, 7) is 7.88. The lowest BCUT2D eigenvalue weighted by Crippen LogP contribution is -2.44. The summed E-state index contributed by atoms with van der Waals surface area (Å²) < 4.78 is 33.4. The largest absolute Gasteiger partial charge is 0.479 e. The average molecular weight is 424 g/mol. The van der Waals surface area contributed by atoms with E-state index in [9.17, 15) is 18.0 Å². The Labute approximate surface area is 172 Å². The lowest BCUT2D eigenvalue weighted by Gasteiger charge is -2.32. The normalized spacial score (nSPS) is 21.7. The number of hydrogen-bond donors (Lipinski definition) is 2. The van der Waals surface area contributed by atoms with E-state index in [0.29, 0.717) is 42.9 Å². The van der Waals surface area contributed by atoms with Crippen molar-refractivity contribution < 1.29 is 22.7 Å². The van der Waals surface area contributed by atoms with Crippen molar-refractivity contribution in [3.05, 3.63) is 17.7 Å². The molecule has 0 aliphatic carbocycles. The van der Waals surface area contributed by atoms with E-state index < -0.39 is 16.1 Å². The van der Waals surface area contributed by atoms with Gasteiger partial charge in [-0.2, -0.15) is 4.31 Å². The zero-order valence-electron chi connectivity index (χ0n) is 17.3. The summed E-state index contributed by atoms with van der Waals surface area (Å²) in [4.78, 5) is 24.3. The van der Waals surface area contributed by atoms with Gasteiger partial charge >= 0.3 is 0 Å². The predicted molar refractivity (Wildman–Crippen MR) is 109 cm³/mol. The van der Waals surface area contributed by atoms with E-state index in [2.05, 4.69) is 10.6 Å². The van der Waals surface area contributed by atoms with Gasteiger partial charge in [-0.25, -0.2) is 8.42 Å². The first-order chi connectivity index (χ1) is 13.6. The van der Waals surface area contributed by atoms with Crippen LogP contribution in [0.3, 0.4) is 0 Å². The van der Waals surface area contributed by atoms with Gasteiger partial charge in [-0.3, -0.25) is 9.59 Å². The van der Waals surface area contributed by atoms with E-state index in [1.165, 1.54) is 10.4 Å². The molecule has 29 heavy (non-hydrogen) atoms. The number of ether oxygens (including phenoxy) is 1. The molecule has 2 atom stereocenters. The number of anilines is 1. The summed E-state index contributed by atoms with van der Waals surface area (Å²) in [6, 6.07) is 3.22. The van der Waals surface area contributed by atoms with Gasteiger partial charge in [0.05, 0.1) is 10.6 Å². The minimum atomic E-state index is -3.73. The molecule has 0 unspecified atom stereocenters. The minimum Gasteiger partial charge on any atom is -0.479 e. The third-order valence-corrected chi connectivity index (χ3v) is 7.69. The minimum absolute atomic E-state index is 0.000474. The summed E-state index contributed by atoms with van der Waals surface area (Å²) in [5.74, 6) is -0.0756. The Kier molecular flexibility index (Phi) is 6.19. The maximum atomic E-state index is 13.2. The quantitative estimate of drug-likeness (QED) is 0.754. The van der Waals surface area contributed by atoms with Crippen LogP contribution < -0.4 is 15.4 Å². The van der Waals surface area contributed by atoms with Crippen LogP contribution in [0, 0.1) is 12.8 Å². The number of fused-ring (bicyclic) bond motifs is 1. The fraction of sp³-hybridized carbons (Fsp3) is 0.600. The molecule has 0 spiro atoms. The Morgan fingerprint density at radius 2 is 2.00 bits per heavy atom. The summed E-state index contributed by atoms with van der Waals surface area (Å²) >= 11 is 0. The monoisotopic (exact) mass is 423 g/mol. The second kappa shape index (κ2) is 8.31. The van der Waals surface area contributed by atoms with E-state index >= 15 is 0 Å². The Balaban J connectivity index is 1.75. The van der Waals surface area contributed by atoms with Crippen LogP contribution in [0.4, 0.5) is 5.69 Å². The number of aryl methyl sites for hydroxylation is 1. The average Bonchev–Trinajstić information content (AvgIpc) is 2.68. The molecular weight excluding hydrogens is 394 g/mol.